The molecule has 1 amide bonds. The van der Waals surface area contributed by atoms with E-state index in [-0.39, 0.29) is 16.0 Å². The summed E-state index contributed by atoms with van der Waals surface area (Å²) in [6, 6.07) is 4.70. The molecule has 0 aliphatic heterocycles. The molecule has 0 aliphatic rings. The fraction of sp³-hybridized carbons (Fsp3) is 0.412. The molecule has 0 spiro atoms. The van der Waals surface area contributed by atoms with Crippen molar-refractivity contribution < 1.29 is 13.2 Å². The first-order chi connectivity index (χ1) is 11.2. The summed E-state index contributed by atoms with van der Waals surface area (Å²) < 4.78 is 26.9. The Labute approximate surface area is 143 Å². The SMILES string of the molecule is CCN(CC)C(=O)n1ccc(S(=O)(=O)c2c(C)cc(C)cc2C)n1. The zero-order chi connectivity index (χ0) is 18.1. The second-order valence-electron chi connectivity index (χ2n) is 5.78. The third kappa shape index (κ3) is 3.21. The molecular formula is C17H23N3O3S. The summed E-state index contributed by atoms with van der Waals surface area (Å²) in [5.74, 6) is 0. The molecule has 0 fully saturated rings. The van der Waals surface area contributed by atoms with Crippen LogP contribution in [-0.4, -0.2) is 42.2 Å². The molecule has 7 heteroatoms. The number of hydrogen-bond donors (Lipinski definition) is 0. The van der Waals surface area contributed by atoms with E-state index >= 15 is 0 Å². The van der Waals surface area contributed by atoms with Crippen molar-refractivity contribution >= 4 is 15.9 Å². The van der Waals surface area contributed by atoms with E-state index in [1.54, 1.807) is 18.7 Å². The number of carbonyl (C=O) groups is 1. The van der Waals surface area contributed by atoms with Gasteiger partial charge in [0.05, 0.1) is 4.90 Å². The Bertz CT molecular complexity index is 842. The number of hydrogen-bond acceptors (Lipinski definition) is 4. The lowest BCUT2D eigenvalue weighted by molar-refractivity contribution is 0.201. The van der Waals surface area contributed by atoms with Crippen LogP contribution in [0.25, 0.3) is 0 Å². The van der Waals surface area contributed by atoms with E-state index in [1.807, 2.05) is 32.9 Å². The third-order valence-corrected chi connectivity index (χ3v) is 5.89. The van der Waals surface area contributed by atoms with Crippen molar-refractivity contribution in [1.29, 1.82) is 0 Å². The van der Waals surface area contributed by atoms with Gasteiger partial charge in [-0.3, -0.25) is 0 Å². The van der Waals surface area contributed by atoms with Crippen LogP contribution in [0.5, 0.6) is 0 Å². The molecule has 0 bridgehead atoms. The van der Waals surface area contributed by atoms with Gasteiger partial charge in [-0.25, -0.2) is 13.2 Å². The molecule has 2 rings (SSSR count). The minimum Gasteiger partial charge on any atom is -0.323 e. The van der Waals surface area contributed by atoms with Gasteiger partial charge in [-0.1, -0.05) is 17.7 Å². The van der Waals surface area contributed by atoms with Gasteiger partial charge in [0, 0.05) is 19.3 Å². The Kier molecular flexibility index (Phi) is 5.13. The number of sulfone groups is 1. The van der Waals surface area contributed by atoms with Crippen LogP contribution in [0.2, 0.25) is 0 Å². The maximum absolute atomic E-state index is 12.9. The number of carbonyl (C=O) groups excluding carboxylic acids is 1. The second kappa shape index (κ2) is 6.76. The van der Waals surface area contributed by atoms with Gasteiger partial charge in [0.2, 0.25) is 9.84 Å². The molecule has 1 aromatic carbocycles. The number of nitrogens with zero attached hydrogens (tertiary/aromatic N) is 3. The van der Waals surface area contributed by atoms with E-state index < -0.39 is 9.84 Å². The van der Waals surface area contributed by atoms with E-state index in [2.05, 4.69) is 5.10 Å². The summed E-state index contributed by atoms with van der Waals surface area (Å²) in [6.07, 6.45) is 1.40. The lowest BCUT2D eigenvalue weighted by Gasteiger charge is -2.17. The Morgan fingerprint density at radius 2 is 1.67 bits per heavy atom. The first-order valence-electron chi connectivity index (χ1n) is 7.90. The van der Waals surface area contributed by atoms with Gasteiger partial charge in [-0.05, 0) is 51.8 Å². The predicted octanol–water partition coefficient (Wildman–Crippen LogP) is 2.95. The highest BCUT2D eigenvalue weighted by molar-refractivity contribution is 7.91. The largest absolute Gasteiger partial charge is 0.344 e. The van der Waals surface area contributed by atoms with E-state index in [0.29, 0.717) is 24.2 Å². The van der Waals surface area contributed by atoms with Crippen molar-refractivity contribution in [3.05, 3.63) is 41.1 Å². The highest BCUT2D eigenvalue weighted by Crippen LogP contribution is 2.27. The molecular weight excluding hydrogens is 326 g/mol. The van der Waals surface area contributed by atoms with Crippen LogP contribution in [0.15, 0.2) is 34.3 Å². The molecule has 0 radical (unpaired) electrons. The number of aromatic nitrogens is 2. The fourth-order valence-electron chi connectivity index (χ4n) is 2.89. The molecule has 0 aliphatic carbocycles. The van der Waals surface area contributed by atoms with Crippen LogP contribution in [0, 0.1) is 20.8 Å². The Morgan fingerprint density at radius 1 is 1.12 bits per heavy atom. The lowest BCUT2D eigenvalue weighted by Crippen LogP contribution is -2.34. The predicted molar refractivity (Wildman–Crippen MR) is 92.0 cm³/mol. The Morgan fingerprint density at radius 3 is 2.17 bits per heavy atom. The van der Waals surface area contributed by atoms with Gasteiger partial charge in [0.15, 0.2) is 5.03 Å². The zero-order valence-corrected chi connectivity index (χ0v) is 15.5. The lowest BCUT2D eigenvalue weighted by atomic mass is 10.1. The molecule has 0 N–H and O–H groups in total. The van der Waals surface area contributed by atoms with Crippen LogP contribution in [0.4, 0.5) is 4.79 Å². The van der Waals surface area contributed by atoms with Crippen molar-refractivity contribution in [2.24, 2.45) is 0 Å². The highest BCUT2D eigenvalue weighted by Gasteiger charge is 2.26. The van der Waals surface area contributed by atoms with Gasteiger partial charge in [-0.2, -0.15) is 9.78 Å². The maximum Gasteiger partial charge on any atom is 0.344 e. The molecule has 2 aromatic rings. The number of rotatable bonds is 4. The minimum absolute atomic E-state index is 0.113. The fourth-order valence-corrected chi connectivity index (χ4v) is 4.50. The maximum atomic E-state index is 12.9. The smallest absolute Gasteiger partial charge is 0.323 e. The van der Waals surface area contributed by atoms with Crippen molar-refractivity contribution in [1.82, 2.24) is 14.7 Å². The van der Waals surface area contributed by atoms with Crippen molar-refractivity contribution in [2.45, 2.75) is 44.5 Å². The Balaban J connectivity index is 2.48. The van der Waals surface area contributed by atoms with Crippen LogP contribution in [0.1, 0.15) is 30.5 Å². The average Bonchev–Trinajstić information content (AvgIpc) is 2.97. The molecule has 24 heavy (non-hydrogen) atoms. The first kappa shape index (κ1) is 18.2. The molecule has 0 unspecified atom stereocenters. The molecule has 0 saturated heterocycles. The Hall–Kier alpha value is -2.15. The molecule has 0 saturated carbocycles. The van der Waals surface area contributed by atoms with Gasteiger partial charge < -0.3 is 4.90 Å². The third-order valence-electron chi connectivity index (χ3n) is 3.94. The standard InChI is InChI=1S/C17H23N3O3S/c1-6-19(7-2)17(21)20-9-8-15(18-20)24(22,23)16-13(4)10-12(3)11-14(16)5/h8-11H,6-7H2,1-5H3. The summed E-state index contributed by atoms with van der Waals surface area (Å²) in [6.45, 7) is 10.3. The minimum atomic E-state index is -3.77. The van der Waals surface area contributed by atoms with E-state index in [4.69, 9.17) is 0 Å². The van der Waals surface area contributed by atoms with Gasteiger partial charge in [0.1, 0.15) is 0 Å². The van der Waals surface area contributed by atoms with Crippen LogP contribution < -0.4 is 0 Å². The van der Waals surface area contributed by atoms with Gasteiger partial charge in [-0.15, -0.1) is 0 Å². The van der Waals surface area contributed by atoms with Crippen molar-refractivity contribution in [3.63, 3.8) is 0 Å². The van der Waals surface area contributed by atoms with E-state index in [9.17, 15) is 13.2 Å². The molecule has 0 atom stereocenters. The van der Waals surface area contributed by atoms with E-state index in [1.165, 1.54) is 12.3 Å². The van der Waals surface area contributed by atoms with Gasteiger partial charge >= 0.3 is 6.03 Å². The summed E-state index contributed by atoms with van der Waals surface area (Å²) in [7, 11) is -3.77. The van der Waals surface area contributed by atoms with Gasteiger partial charge in [0.25, 0.3) is 0 Å². The summed E-state index contributed by atoms with van der Waals surface area (Å²) in [4.78, 5) is 14.1. The average molecular weight is 349 g/mol. The molecule has 6 nitrogen and oxygen atoms in total. The monoisotopic (exact) mass is 349 g/mol. The topological polar surface area (TPSA) is 72.3 Å². The number of benzene rings is 1. The highest BCUT2D eigenvalue weighted by atomic mass is 32.2. The normalized spacial score (nSPS) is 11.5. The summed E-state index contributed by atoms with van der Waals surface area (Å²) in [5.41, 5.74) is 2.36. The number of aryl methyl sites for hydroxylation is 3. The molecule has 1 aromatic heterocycles. The number of amides is 1. The first-order valence-corrected chi connectivity index (χ1v) is 9.38. The molecule has 130 valence electrons. The van der Waals surface area contributed by atoms with Crippen LogP contribution >= 0.6 is 0 Å². The van der Waals surface area contributed by atoms with Crippen LogP contribution in [-0.2, 0) is 9.84 Å². The van der Waals surface area contributed by atoms with Crippen LogP contribution in [0.3, 0.4) is 0 Å². The summed E-state index contributed by atoms with van der Waals surface area (Å²) in [5, 5.41) is 3.90. The van der Waals surface area contributed by atoms with E-state index in [0.717, 1.165) is 10.2 Å². The second-order valence-corrected chi connectivity index (χ2v) is 7.62. The van der Waals surface area contributed by atoms with Crippen molar-refractivity contribution in [3.8, 4) is 0 Å². The summed E-state index contributed by atoms with van der Waals surface area (Å²) >= 11 is 0. The molecule has 1 heterocycles. The zero-order valence-electron chi connectivity index (χ0n) is 14.7. The quantitative estimate of drug-likeness (QED) is 0.851. The van der Waals surface area contributed by atoms with Crippen molar-refractivity contribution in [2.75, 3.05) is 13.1 Å².